The smallest absolute Gasteiger partial charge is 0.254 e. The SMILES string of the molecule is C[C@H]1Cc2cc(C(=O)N(CCCN(C)C)Cc3ccc(Cl)c(Cl)c3)ccc2N1S(C)(=O)=O. The lowest BCUT2D eigenvalue weighted by atomic mass is 10.1. The highest BCUT2D eigenvalue weighted by molar-refractivity contribution is 7.92. The zero-order chi connectivity index (χ0) is 23.6. The van der Waals surface area contributed by atoms with Gasteiger partial charge in [-0.25, -0.2) is 8.42 Å². The Labute approximate surface area is 200 Å². The molecule has 3 rings (SSSR count). The molecule has 0 spiro atoms. The Morgan fingerprint density at radius 2 is 1.81 bits per heavy atom. The summed E-state index contributed by atoms with van der Waals surface area (Å²) in [7, 11) is 0.628. The van der Waals surface area contributed by atoms with Crippen molar-refractivity contribution in [2.45, 2.75) is 32.4 Å². The van der Waals surface area contributed by atoms with E-state index in [9.17, 15) is 13.2 Å². The molecule has 0 saturated heterocycles. The van der Waals surface area contributed by atoms with Crippen LogP contribution >= 0.6 is 23.2 Å². The fourth-order valence-electron chi connectivity index (χ4n) is 4.11. The van der Waals surface area contributed by atoms with Gasteiger partial charge in [0.05, 0.1) is 22.0 Å². The molecule has 2 aromatic carbocycles. The van der Waals surface area contributed by atoms with E-state index < -0.39 is 10.0 Å². The fourth-order valence-corrected chi connectivity index (χ4v) is 5.70. The van der Waals surface area contributed by atoms with Gasteiger partial charge in [0.25, 0.3) is 5.91 Å². The molecule has 1 heterocycles. The summed E-state index contributed by atoms with van der Waals surface area (Å²) >= 11 is 12.2. The quantitative estimate of drug-likeness (QED) is 0.545. The summed E-state index contributed by atoms with van der Waals surface area (Å²) in [4.78, 5) is 17.3. The predicted molar refractivity (Wildman–Crippen MR) is 131 cm³/mol. The van der Waals surface area contributed by atoms with Gasteiger partial charge >= 0.3 is 0 Å². The first kappa shape index (κ1) is 24.8. The highest BCUT2D eigenvalue weighted by Crippen LogP contribution is 2.35. The van der Waals surface area contributed by atoms with E-state index in [1.165, 1.54) is 10.6 Å². The van der Waals surface area contributed by atoms with Crippen LogP contribution in [0.15, 0.2) is 36.4 Å². The lowest BCUT2D eigenvalue weighted by Crippen LogP contribution is -2.34. The maximum Gasteiger partial charge on any atom is 0.254 e. The van der Waals surface area contributed by atoms with Crippen LogP contribution in [0.25, 0.3) is 0 Å². The average Bonchev–Trinajstić information content (AvgIpc) is 3.04. The number of hydrogen-bond donors (Lipinski definition) is 0. The number of rotatable bonds is 8. The van der Waals surface area contributed by atoms with Crippen LogP contribution in [-0.4, -0.2) is 63.6 Å². The molecule has 9 heteroatoms. The minimum Gasteiger partial charge on any atom is -0.334 e. The van der Waals surface area contributed by atoms with Crippen LogP contribution in [0.2, 0.25) is 10.0 Å². The van der Waals surface area contributed by atoms with Gasteiger partial charge in [-0.05, 0) is 81.9 Å². The van der Waals surface area contributed by atoms with Gasteiger partial charge in [-0.1, -0.05) is 29.3 Å². The van der Waals surface area contributed by atoms with E-state index in [-0.39, 0.29) is 11.9 Å². The van der Waals surface area contributed by atoms with Crippen molar-refractivity contribution in [3.05, 3.63) is 63.1 Å². The minimum absolute atomic E-state index is 0.0944. The first-order valence-electron chi connectivity index (χ1n) is 10.5. The average molecular weight is 498 g/mol. The predicted octanol–water partition coefficient (Wildman–Crippen LogP) is 4.30. The highest BCUT2D eigenvalue weighted by atomic mass is 35.5. The van der Waals surface area contributed by atoms with Gasteiger partial charge in [-0.15, -0.1) is 0 Å². The molecule has 174 valence electrons. The van der Waals surface area contributed by atoms with E-state index in [2.05, 4.69) is 4.90 Å². The van der Waals surface area contributed by atoms with E-state index in [0.29, 0.717) is 40.8 Å². The summed E-state index contributed by atoms with van der Waals surface area (Å²) < 4.78 is 25.8. The lowest BCUT2D eigenvalue weighted by Gasteiger charge is -2.25. The molecule has 0 N–H and O–H groups in total. The standard InChI is InChI=1S/C23H29Cl2N3O3S/c1-16-12-19-14-18(7-9-22(19)28(16)32(4,30)31)23(29)27(11-5-10-26(2)3)15-17-6-8-20(24)21(25)13-17/h6-9,13-14,16H,5,10-12,15H2,1-4H3/t16-/m0/s1. The van der Waals surface area contributed by atoms with Gasteiger partial charge in [0.1, 0.15) is 0 Å². The summed E-state index contributed by atoms with van der Waals surface area (Å²) in [5, 5.41) is 0.932. The molecule has 0 saturated carbocycles. The number of benzene rings is 2. The fraction of sp³-hybridized carbons (Fsp3) is 0.435. The second-order valence-electron chi connectivity index (χ2n) is 8.59. The Hall–Kier alpha value is -1.80. The molecule has 1 atom stereocenters. The number of carbonyl (C=O) groups is 1. The van der Waals surface area contributed by atoms with Crippen molar-refractivity contribution in [3.63, 3.8) is 0 Å². The number of nitrogens with zero attached hydrogens (tertiary/aromatic N) is 3. The zero-order valence-electron chi connectivity index (χ0n) is 18.8. The molecular weight excluding hydrogens is 469 g/mol. The number of hydrogen-bond acceptors (Lipinski definition) is 4. The maximum absolute atomic E-state index is 13.5. The van der Waals surface area contributed by atoms with E-state index >= 15 is 0 Å². The molecule has 2 aromatic rings. The summed E-state index contributed by atoms with van der Waals surface area (Å²) in [6.45, 7) is 3.73. The normalized spacial score (nSPS) is 15.8. The summed E-state index contributed by atoms with van der Waals surface area (Å²) in [5.74, 6) is -0.0944. The summed E-state index contributed by atoms with van der Waals surface area (Å²) in [6.07, 6.45) is 2.61. The van der Waals surface area contributed by atoms with E-state index in [1.807, 2.05) is 33.2 Å². The molecule has 0 fully saturated rings. The largest absolute Gasteiger partial charge is 0.334 e. The summed E-state index contributed by atoms with van der Waals surface area (Å²) in [6, 6.07) is 10.5. The molecule has 1 amide bonds. The molecule has 0 bridgehead atoms. The monoisotopic (exact) mass is 497 g/mol. The number of amides is 1. The first-order chi connectivity index (χ1) is 15.0. The Kier molecular flexibility index (Phi) is 7.76. The van der Waals surface area contributed by atoms with Crippen LogP contribution in [0.5, 0.6) is 0 Å². The van der Waals surface area contributed by atoms with Crippen molar-refractivity contribution in [2.24, 2.45) is 0 Å². The van der Waals surface area contributed by atoms with Crippen molar-refractivity contribution in [1.82, 2.24) is 9.80 Å². The number of sulfonamides is 1. The van der Waals surface area contributed by atoms with Gasteiger partial charge in [0.2, 0.25) is 10.0 Å². The van der Waals surface area contributed by atoms with Gasteiger partial charge in [-0.2, -0.15) is 0 Å². The second kappa shape index (κ2) is 10.00. The van der Waals surface area contributed by atoms with Crippen molar-refractivity contribution in [2.75, 3.05) is 37.7 Å². The zero-order valence-corrected chi connectivity index (χ0v) is 21.1. The Bertz CT molecular complexity index is 1110. The molecule has 0 unspecified atom stereocenters. The van der Waals surface area contributed by atoms with Gasteiger partial charge < -0.3 is 9.80 Å². The Morgan fingerprint density at radius 3 is 2.44 bits per heavy atom. The molecule has 32 heavy (non-hydrogen) atoms. The molecule has 6 nitrogen and oxygen atoms in total. The van der Waals surface area contributed by atoms with E-state index in [4.69, 9.17) is 23.2 Å². The van der Waals surface area contributed by atoms with Crippen molar-refractivity contribution in [3.8, 4) is 0 Å². The molecule has 0 radical (unpaired) electrons. The topological polar surface area (TPSA) is 60.9 Å². The minimum atomic E-state index is -3.37. The van der Waals surface area contributed by atoms with E-state index in [0.717, 1.165) is 24.1 Å². The maximum atomic E-state index is 13.5. The number of anilines is 1. The summed E-state index contributed by atoms with van der Waals surface area (Å²) in [5.41, 5.74) is 2.98. The molecule has 1 aliphatic heterocycles. The Morgan fingerprint density at radius 1 is 1.09 bits per heavy atom. The van der Waals surface area contributed by atoms with E-state index in [1.54, 1.807) is 29.2 Å². The van der Waals surface area contributed by atoms with Crippen LogP contribution in [0.1, 0.15) is 34.8 Å². The van der Waals surface area contributed by atoms with Crippen LogP contribution in [0.4, 0.5) is 5.69 Å². The van der Waals surface area contributed by atoms with Crippen molar-refractivity contribution < 1.29 is 13.2 Å². The van der Waals surface area contributed by atoms with Crippen LogP contribution in [0.3, 0.4) is 0 Å². The molecular formula is C23H29Cl2N3O3S. The van der Waals surface area contributed by atoms with Gasteiger partial charge in [0, 0.05) is 24.7 Å². The number of fused-ring (bicyclic) bond motifs is 1. The molecule has 0 aliphatic carbocycles. The van der Waals surface area contributed by atoms with Crippen molar-refractivity contribution in [1.29, 1.82) is 0 Å². The Balaban J connectivity index is 1.87. The molecule has 1 aliphatic rings. The van der Waals surface area contributed by atoms with Gasteiger partial charge in [-0.3, -0.25) is 9.10 Å². The first-order valence-corrected chi connectivity index (χ1v) is 13.1. The lowest BCUT2D eigenvalue weighted by molar-refractivity contribution is 0.0737. The third-order valence-electron chi connectivity index (χ3n) is 5.51. The third kappa shape index (κ3) is 5.76. The highest BCUT2D eigenvalue weighted by Gasteiger charge is 2.33. The van der Waals surface area contributed by atoms with Gasteiger partial charge in [0.15, 0.2) is 0 Å². The number of carbonyl (C=O) groups excluding carboxylic acids is 1. The van der Waals surface area contributed by atoms with Crippen LogP contribution < -0.4 is 4.31 Å². The van der Waals surface area contributed by atoms with Crippen LogP contribution in [0, 0.1) is 0 Å². The second-order valence-corrected chi connectivity index (χ2v) is 11.3. The third-order valence-corrected chi connectivity index (χ3v) is 7.53. The van der Waals surface area contributed by atoms with Crippen LogP contribution in [-0.2, 0) is 23.0 Å². The van der Waals surface area contributed by atoms with Crippen molar-refractivity contribution >= 4 is 44.8 Å². The molecule has 0 aromatic heterocycles. The number of halogens is 2.